The third-order valence-electron chi connectivity index (χ3n) is 18.4. The molecule has 3 aliphatic heterocycles. The highest BCUT2D eigenvalue weighted by molar-refractivity contribution is 6.99. The number of nitrogens with zero attached hydrogens (tertiary/aromatic N) is 3. The molecular formula is C70H74BN3O2. The Balaban J connectivity index is 1.17. The fourth-order valence-corrected chi connectivity index (χ4v) is 13.7. The average molecular weight is 1000 g/mol. The molecule has 13 rings (SSSR count). The molecule has 0 saturated heterocycles. The number of rotatable bonds is 4. The Labute approximate surface area is 452 Å². The van der Waals surface area contributed by atoms with E-state index in [1.165, 1.54) is 68.6 Å². The van der Waals surface area contributed by atoms with E-state index in [1.54, 1.807) is 0 Å². The molecule has 2 aromatic heterocycles. The Kier molecular flexibility index (Phi) is 10.4. The lowest BCUT2D eigenvalue weighted by Crippen LogP contribution is -2.60. The van der Waals surface area contributed by atoms with E-state index >= 15 is 0 Å². The van der Waals surface area contributed by atoms with E-state index in [-0.39, 0.29) is 39.3 Å². The summed E-state index contributed by atoms with van der Waals surface area (Å²) in [6.45, 7) is 32.5. The summed E-state index contributed by atoms with van der Waals surface area (Å²) in [6, 6.07) is 55.9. The Morgan fingerprint density at radius 1 is 0.434 bits per heavy atom. The van der Waals surface area contributed by atoms with E-state index < -0.39 is 0 Å². The Morgan fingerprint density at radius 2 is 0.895 bits per heavy atom. The van der Waals surface area contributed by atoms with Crippen LogP contribution in [0.25, 0.3) is 33.1 Å². The second-order valence-corrected chi connectivity index (χ2v) is 27.4. The molecule has 5 nitrogen and oxygen atoms in total. The second-order valence-electron chi connectivity index (χ2n) is 27.4. The third kappa shape index (κ3) is 7.17. The smallest absolute Gasteiger partial charge is 0.342 e. The first kappa shape index (κ1) is 48.7. The lowest BCUT2D eigenvalue weighted by molar-refractivity contribution is 0.195. The molecule has 2 unspecified atom stereocenters. The molecule has 0 spiro atoms. The van der Waals surface area contributed by atoms with Gasteiger partial charge in [-0.15, -0.1) is 0 Å². The van der Waals surface area contributed by atoms with Crippen LogP contribution in [0, 0.1) is 0 Å². The summed E-state index contributed by atoms with van der Waals surface area (Å²) in [5.74, 6) is 0. The van der Waals surface area contributed by atoms with Crippen LogP contribution in [0.5, 0.6) is 0 Å². The zero-order valence-corrected chi connectivity index (χ0v) is 47.4. The van der Waals surface area contributed by atoms with Gasteiger partial charge < -0.3 is 23.5 Å². The molecule has 2 atom stereocenters. The molecular weight excluding hydrogens is 926 g/mol. The minimum Gasteiger partial charge on any atom is -0.468 e. The summed E-state index contributed by atoms with van der Waals surface area (Å²) in [5, 5.41) is 2.22. The fraction of sp³-hybridized carbons (Fsp3) is 0.343. The Hall–Kier alpha value is -6.92. The van der Waals surface area contributed by atoms with Crippen LogP contribution >= 0.6 is 0 Å². The average Bonchev–Trinajstić information content (AvgIpc) is 4.11. The molecule has 1 aliphatic carbocycles. The molecule has 0 radical (unpaired) electrons. The van der Waals surface area contributed by atoms with Gasteiger partial charge in [0.25, 0.3) is 0 Å². The van der Waals surface area contributed by atoms with Crippen molar-refractivity contribution >= 4 is 90.9 Å². The standard InChI is InChI=1S/C70H74BN3O2/c1-65(2,3)45-23-29-49(30-24-45)72-56-41-51(74-55-33-22-44(43-20-16-15-17-21-43)38-54(55)69(13)36-18-19-37-70(69,74)14)42-57-60(56)71(63-61(72)52-39-47(67(7,8)9)27-34-58(52)75-63)64-62(53-40-48(68(10,11)12)28-35-59(53)76-64)73(57)50-31-25-46(26-32-50)66(4,5)6/h15-17,20-35,38-42H,18-19,36-37H2,1-14H3. The predicted octanol–water partition coefficient (Wildman–Crippen LogP) is 17.9. The first-order chi connectivity index (χ1) is 35.9. The van der Waals surface area contributed by atoms with Gasteiger partial charge in [-0.25, -0.2) is 0 Å². The van der Waals surface area contributed by atoms with Crippen LogP contribution in [0.4, 0.5) is 45.5 Å². The lowest BCUT2D eigenvalue weighted by atomic mass is 9.37. The van der Waals surface area contributed by atoms with Crippen molar-refractivity contribution in [2.45, 2.75) is 155 Å². The first-order valence-electron chi connectivity index (χ1n) is 28.1. The van der Waals surface area contributed by atoms with Gasteiger partial charge in [-0.2, -0.15) is 0 Å². The van der Waals surface area contributed by atoms with Crippen molar-refractivity contribution in [3.8, 4) is 11.1 Å². The highest BCUT2D eigenvalue weighted by atomic mass is 16.3. The minimum atomic E-state index is -0.343. The van der Waals surface area contributed by atoms with Crippen molar-refractivity contribution in [3.05, 3.63) is 173 Å². The van der Waals surface area contributed by atoms with Crippen molar-refractivity contribution < 1.29 is 8.83 Å². The SMILES string of the molecule is CC(C)(C)c1ccc(N2c3cc(N4c5ccc(-c6ccccc6)cc5C5(C)CCCCC45C)cc4c3B(c3oc5ccc(C(C)(C)C)cc5c32)c2oc3ccc(C(C)(C)C)cc3c2N4c2ccc(C(C)(C)C)cc2)cc1. The summed E-state index contributed by atoms with van der Waals surface area (Å²) in [5.41, 5.74) is 22.5. The molecule has 384 valence electrons. The molecule has 5 heterocycles. The van der Waals surface area contributed by atoms with Gasteiger partial charge >= 0.3 is 6.71 Å². The topological polar surface area (TPSA) is 36.0 Å². The van der Waals surface area contributed by atoms with Gasteiger partial charge in [-0.1, -0.05) is 176 Å². The van der Waals surface area contributed by atoms with Gasteiger partial charge in [0.15, 0.2) is 0 Å². The van der Waals surface area contributed by atoms with Gasteiger partial charge in [0.05, 0.1) is 16.9 Å². The van der Waals surface area contributed by atoms with Crippen molar-refractivity contribution in [1.29, 1.82) is 0 Å². The summed E-state index contributed by atoms with van der Waals surface area (Å²) < 4.78 is 14.9. The maximum atomic E-state index is 7.46. The number of hydrogen-bond acceptors (Lipinski definition) is 5. The largest absolute Gasteiger partial charge is 0.468 e. The first-order valence-corrected chi connectivity index (χ1v) is 28.1. The summed E-state index contributed by atoms with van der Waals surface area (Å²) in [7, 11) is 0. The number of fused-ring (bicyclic) bond motifs is 11. The zero-order valence-electron chi connectivity index (χ0n) is 47.4. The maximum absolute atomic E-state index is 7.46. The predicted molar refractivity (Wildman–Crippen MR) is 323 cm³/mol. The van der Waals surface area contributed by atoms with Crippen molar-refractivity contribution in [1.82, 2.24) is 0 Å². The van der Waals surface area contributed by atoms with Crippen LogP contribution in [-0.2, 0) is 27.1 Å². The fourth-order valence-electron chi connectivity index (χ4n) is 13.7. The number of furan rings is 2. The van der Waals surface area contributed by atoms with Gasteiger partial charge in [-0.05, 0) is 159 Å². The molecule has 0 bridgehead atoms. The van der Waals surface area contributed by atoms with Crippen LogP contribution in [-0.4, -0.2) is 12.3 Å². The van der Waals surface area contributed by atoms with Crippen LogP contribution in [0.2, 0.25) is 0 Å². The lowest BCUT2D eigenvalue weighted by Gasteiger charge is -2.51. The van der Waals surface area contributed by atoms with E-state index in [2.05, 4.69) is 257 Å². The van der Waals surface area contributed by atoms with E-state index in [0.717, 1.165) is 80.2 Å². The Morgan fingerprint density at radius 3 is 1.37 bits per heavy atom. The van der Waals surface area contributed by atoms with E-state index in [9.17, 15) is 0 Å². The second kappa shape index (κ2) is 16.3. The minimum absolute atomic E-state index is 0.0150. The summed E-state index contributed by atoms with van der Waals surface area (Å²) >= 11 is 0. The molecule has 7 aromatic carbocycles. The normalized spacial score (nSPS) is 19.2. The van der Waals surface area contributed by atoms with Gasteiger partial charge in [-0.3, -0.25) is 0 Å². The van der Waals surface area contributed by atoms with Crippen molar-refractivity contribution in [2.24, 2.45) is 0 Å². The van der Waals surface area contributed by atoms with Crippen LogP contribution in [0.3, 0.4) is 0 Å². The van der Waals surface area contributed by atoms with Gasteiger partial charge in [0.2, 0.25) is 0 Å². The van der Waals surface area contributed by atoms with E-state index in [4.69, 9.17) is 8.83 Å². The summed E-state index contributed by atoms with van der Waals surface area (Å²) in [4.78, 5) is 7.90. The third-order valence-corrected chi connectivity index (χ3v) is 18.4. The molecule has 9 aromatic rings. The molecule has 1 fully saturated rings. The quantitative estimate of drug-likeness (QED) is 0.164. The number of hydrogen-bond donors (Lipinski definition) is 0. The monoisotopic (exact) mass is 1000 g/mol. The zero-order chi connectivity index (χ0) is 53.2. The van der Waals surface area contributed by atoms with Gasteiger partial charge in [0, 0.05) is 50.3 Å². The number of benzene rings is 7. The van der Waals surface area contributed by atoms with Crippen molar-refractivity contribution in [2.75, 3.05) is 14.7 Å². The molecule has 4 aliphatic rings. The highest BCUT2D eigenvalue weighted by Gasteiger charge is 2.59. The van der Waals surface area contributed by atoms with Gasteiger partial charge in [0.1, 0.15) is 22.5 Å². The molecule has 0 N–H and O–H groups in total. The number of anilines is 8. The van der Waals surface area contributed by atoms with Crippen molar-refractivity contribution in [3.63, 3.8) is 0 Å². The highest BCUT2D eigenvalue weighted by Crippen LogP contribution is 2.62. The Bertz CT molecular complexity index is 3610. The van der Waals surface area contributed by atoms with Crippen LogP contribution in [0.15, 0.2) is 154 Å². The molecule has 76 heavy (non-hydrogen) atoms. The molecule has 0 amide bonds. The molecule has 6 heteroatoms. The van der Waals surface area contributed by atoms with Crippen LogP contribution in [0.1, 0.15) is 150 Å². The molecule has 1 saturated carbocycles. The maximum Gasteiger partial charge on any atom is 0.342 e. The summed E-state index contributed by atoms with van der Waals surface area (Å²) in [6.07, 6.45) is 4.61. The van der Waals surface area contributed by atoms with E-state index in [1.807, 2.05) is 0 Å². The van der Waals surface area contributed by atoms with E-state index in [0.29, 0.717) is 0 Å². The van der Waals surface area contributed by atoms with Crippen LogP contribution < -0.4 is 31.5 Å².